The highest BCUT2D eigenvalue weighted by Gasteiger charge is 2.10. The van der Waals surface area contributed by atoms with E-state index in [0.29, 0.717) is 17.3 Å². The summed E-state index contributed by atoms with van der Waals surface area (Å²) in [4.78, 5) is 18.8. The number of hydrogen-bond acceptors (Lipinski definition) is 5. The van der Waals surface area contributed by atoms with Gasteiger partial charge in [0, 0.05) is 13.1 Å². The van der Waals surface area contributed by atoms with E-state index in [9.17, 15) is 4.79 Å². The van der Waals surface area contributed by atoms with Gasteiger partial charge in [-0.1, -0.05) is 6.07 Å². The fourth-order valence-electron chi connectivity index (χ4n) is 2.60. The van der Waals surface area contributed by atoms with E-state index in [1.54, 1.807) is 32.5 Å². The number of carbonyl (C=O) groups excluding carboxylic acids is 1. The number of anilines is 2. The monoisotopic (exact) mass is 343 g/mol. The molecule has 0 aliphatic heterocycles. The van der Waals surface area contributed by atoms with Crippen LogP contribution in [0.1, 0.15) is 19.4 Å². The van der Waals surface area contributed by atoms with Crippen LogP contribution in [0.25, 0.3) is 0 Å². The Morgan fingerprint density at radius 3 is 2.36 bits per heavy atom. The first-order valence-corrected chi connectivity index (χ1v) is 8.33. The Bertz CT molecular complexity index is 698. The number of pyridine rings is 1. The van der Waals surface area contributed by atoms with Gasteiger partial charge in [-0.3, -0.25) is 4.79 Å². The SMILES string of the molecule is CCN(CC)c1ccc(NC(=O)Cc2ccc(OC)c(OC)c2)nc1. The average molecular weight is 343 g/mol. The lowest BCUT2D eigenvalue weighted by molar-refractivity contribution is -0.115. The van der Waals surface area contributed by atoms with Gasteiger partial charge < -0.3 is 19.7 Å². The maximum atomic E-state index is 12.2. The van der Waals surface area contributed by atoms with Crippen LogP contribution in [0.15, 0.2) is 36.5 Å². The van der Waals surface area contributed by atoms with Gasteiger partial charge in [0.15, 0.2) is 11.5 Å². The molecule has 0 fully saturated rings. The van der Waals surface area contributed by atoms with Crippen LogP contribution in [0.3, 0.4) is 0 Å². The molecule has 6 nitrogen and oxygen atoms in total. The van der Waals surface area contributed by atoms with Gasteiger partial charge in [0.2, 0.25) is 5.91 Å². The van der Waals surface area contributed by atoms with Crippen molar-refractivity contribution in [2.24, 2.45) is 0 Å². The first-order valence-electron chi connectivity index (χ1n) is 8.33. The Hall–Kier alpha value is -2.76. The standard InChI is InChI=1S/C19H25N3O3/c1-5-22(6-2)15-8-10-18(20-13-15)21-19(23)12-14-7-9-16(24-3)17(11-14)25-4/h7-11,13H,5-6,12H2,1-4H3,(H,20,21,23). The van der Waals surface area contributed by atoms with Crippen LogP contribution in [0.2, 0.25) is 0 Å². The maximum Gasteiger partial charge on any atom is 0.229 e. The largest absolute Gasteiger partial charge is 0.493 e. The third kappa shape index (κ3) is 4.86. The van der Waals surface area contributed by atoms with Gasteiger partial charge in [-0.2, -0.15) is 0 Å². The Morgan fingerprint density at radius 2 is 1.80 bits per heavy atom. The van der Waals surface area contributed by atoms with Crippen molar-refractivity contribution < 1.29 is 14.3 Å². The molecule has 0 radical (unpaired) electrons. The van der Waals surface area contributed by atoms with Crippen molar-refractivity contribution in [1.29, 1.82) is 0 Å². The van der Waals surface area contributed by atoms with E-state index in [2.05, 4.69) is 29.0 Å². The molecule has 134 valence electrons. The number of nitrogens with one attached hydrogen (secondary N) is 1. The second-order valence-electron chi connectivity index (χ2n) is 5.49. The molecule has 0 saturated heterocycles. The lowest BCUT2D eigenvalue weighted by atomic mass is 10.1. The van der Waals surface area contributed by atoms with E-state index in [1.165, 1.54) is 0 Å². The predicted octanol–water partition coefficient (Wildman–Crippen LogP) is 3.13. The summed E-state index contributed by atoms with van der Waals surface area (Å²) < 4.78 is 10.5. The van der Waals surface area contributed by atoms with Crippen LogP contribution in [-0.4, -0.2) is 38.2 Å². The highest BCUT2D eigenvalue weighted by Crippen LogP contribution is 2.27. The van der Waals surface area contributed by atoms with E-state index in [4.69, 9.17) is 9.47 Å². The van der Waals surface area contributed by atoms with E-state index in [1.807, 2.05) is 18.2 Å². The van der Waals surface area contributed by atoms with Crippen molar-refractivity contribution in [3.8, 4) is 11.5 Å². The molecule has 0 aliphatic rings. The number of carbonyl (C=O) groups is 1. The number of rotatable bonds is 8. The van der Waals surface area contributed by atoms with Crippen LogP contribution >= 0.6 is 0 Å². The molecule has 6 heteroatoms. The number of aromatic nitrogens is 1. The van der Waals surface area contributed by atoms with Gasteiger partial charge in [-0.15, -0.1) is 0 Å². The minimum absolute atomic E-state index is 0.129. The smallest absolute Gasteiger partial charge is 0.229 e. The number of benzene rings is 1. The Labute approximate surface area is 148 Å². The molecule has 25 heavy (non-hydrogen) atoms. The molecule has 1 amide bonds. The van der Waals surface area contributed by atoms with Gasteiger partial charge in [0.25, 0.3) is 0 Å². The van der Waals surface area contributed by atoms with E-state index < -0.39 is 0 Å². The van der Waals surface area contributed by atoms with Crippen molar-refractivity contribution in [1.82, 2.24) is 4.98 Å². The van der Waals surface area contributed by atoms with Crippen LogP contribution in [0, 0.1) is 0 Å². The lowest BCUT2D eigenvalue weighted by Crippen LogP contribution is -2.22. The molecule has 0 bridgehead atoms. The number of ether oxygens (including phenoxy) is 2. The van der Waals surface area contributed by atoms with E-state index in [0.717, 1.165) is 24.3 Å². The summed E-state index contributed by atoms with van der Waals surface area (Å²) in [5.74, 6) is 1.66. The van der Waals surface area contributed by atoms with E-state index >= 15 is 0 Å². The average Bonchev–Trinajstić information content (AvgIpc) is 2.64. The molecule has 0 atom stereocenters. The molecule has 0 aliphatic carbocycles. The maximum absolute atomic E-state index is 12.2. The number of methoxy groups -OCH3 is 2. The van der Waals surface area contributed by atoms with Crippen molar-refractivity contribution in [3.05, 3.63) is 42.1 Å². The topological polar surface area (TPSA) is 63.7 Å². The quantitative estimate of drug-likeness (QED) is 0.798. The number of amides is 1. The normalized spacial score (nSPS) is 10.2. The second kappa shape index (κ2) is 8.92. The van der Waals surface area contributed by atoms with Gasteiger partial charge in [0.1, 0.15) is 5.82 Å². The molecular weight excluding hydrogens is 318 g/mol. The van der Waals surface area contributed by atoms with Gasteiger partial charge in [-0.25, -0.2) is 4.98 Å². The van der Waals surface area contributed by atoms with Gasteiger partial charge >= 0.3 is 0 Å². The van der Waals surface area contributed by atoms with Gasteiger partial charge in [0.05, 0.1) is 32.5 Å². The minimum atomic E-state index is -0.129. The summed E-state index contributed by atoms with van der Waals surface area (Å²) in [5.41, 5.74) is 1.89. The summed E-state index contributed by atoms with van der Waals surface area (Å²) >= 11 is 0. The molecular formula is C19H25N3O3. The number of hydrogen-bond donors (Lipinski definition) is 1. The van der Waals surface area contributed by atoms with Crippen molar-refractivity contribution in [3.63, 3.8) is 0 Å². The second-order valence-corrected chi connectivity index (χ2v) is 5.49. The zero-order valence-electron chi connectivity index (χ0n) is 15.2. The van der Waals surface area contributed by atoms with Crippen LogP contribution in [-0.2, 0) is 11.2 Å². The molecule has 1 N–H and O–H groups in total. The summed E-state index contributed by atoms with van der Waals surface area (Å²) in [6.45, 7) is 6.04. The van der Waals surface area contributed by atoms with Crippen molar-refractivity contribution in [2.45, 2.75) is 20.3 Å². The fourth-order valence-corrected chi connectivity index (χ4v) is 2.60. The first kappa shape index (κ1) is 18.6. The molecule has 2 rings (SSSR count). The van der Waals surface area contributed by atoms with E-state index in [-0.39, 0.29) is 12.3 Å². The van der Waals surface area contributed by atoms with Crippen LogP contribution < -0.4 is 19.7 Å². The zero-order valence-corrected chi connectivity index (χ0v) is 15.2. The third-order valence-corrected chi connectivity index (χ3v) is 3.96. The lowest BCUT2D eigenvalue weighted by Gasteiger charge is -2.20. The molecule has 0 spiro atoms. The van der Waals surface area contributed by atoms with Crippen LogP contribution in [0.5, 0.6) is 11.5 Å². The highest BCUT2D eigenvalue weighted by molar-refractivity contribution is 5.91. The Morgan fingerprint density at radius 1 is 1.08 bits per heavy atom. The van der Waals surface area contributed by atoms with Crippen LogP contribution in [0.4, 0.5) is 11.5 Å². The molecule has 1 heterocycles. The summed E-state index contributed by atoms with van der Waals surface area (Å²) in [6.07, 6.45) is 2.01. The predicted molar refractivity (Wildman–Crippen MR) is 99.7 cm³/mol. The molecule has 0 saturated carbocycles. The number of nitrogens with zero attached hydrogens (tertiary/aromatic N) is 2. The fraction of sp³-hybridized carbons (Fsp3) is 0.368. The summed E-state index contributed by atoms with van der Waals surface area (Å²) in [6, 6.07) is 9.22. The van der Waals surface area contributed by atoms with Gasteiger partial charge in [-0.05, 0) is 43.7 Å². The molecule has 0 unspecified atom stereocenters. The minimum Gasteiger partial charge on any atom is -0.493 e. The zero-order chi connectivity index (χ0) is 18.2. The highest BCUT2D eigenvalue weighted by atomic mass is 16.5. The van der Waals surface area contributed by atoms with Crippen molar-refractivity contribution in [2.75, 3.05) is 37.5 Å². The first-order chi connectivity index (χ1) is 12.1. The molecule has 1 aromatic carbocycles. The van der Waals surface area contributed by atoms with Crippen molar-refractivity contribution >= 4 is 17.4 Å². The molecule has 1 aromatic heterocycles. The Kier molecular flexibility index (Phi) is 6.62. The molecule has 2 aromatic rings. The third-order valence-electron chi connectivity index (χ3n) is 3.96. The Balaban J connectivity index is 2.00. The summed E-state index contributed by atoms with van der Waals surface area (Å²) in [5, 5.41) is 2.82. The summed E-state index contributed by atoms with van der Waals surface area (Å²) in [7, 11) is 3.15.